The third-order valence-corrected chi connectivity index (χ3v) is 35.5. The summed E-state index contributed by atoms with van der Waals surface area (Å²) in [6.45, 7) is 19.0. The summed E-state index contributed by atoms with van der Waals surface area (Å²) in [4.78, 5) is 0. The molecule has 0 aromatic heterocycles. The van der Waals surface area contributed by atoms with E-state index in [0.29, 0.717) is 0 Å². The van der Waals surface area contributed by atoms with Crippen LogP contribution in [0.5, 0.6) is 11.5 Å². The Labute approximate surface area is 402 Å². The Morgan fingerprint density at radius 2 is 0.677 bits per heavy atom. The molecule has 0 heterocycles. The average Bonchev–Trinajstić information content (AvgIpc) is 3.30. The normalized spacial score (nSPS) is 12.4. The van der Waals surface area contributed by atoms with Crippen molar-refractivity contribution >= 4 is 88.2 Å². The second kappa shape index (κ2) is 33.4. The van der Waals surface area contributed by atoms with Gasteiger partial charge < -0.3 is 0 Å². The van der Waals surface area contributed by atoms with E-state index in [4.69, 9.17) is 9.47 Å². The molecule has 346 valence electrons. The van der Waals surface area contributed by atoms with Gasteiger partial charge in [-0.05, 0) is 0 Å². The maximum atomic E-state index is 6.67. The van der Waals surface area contributed by atoms with Gasteiger partial charge in [-0.25, -0.2) is 0 Å². The quantitative estimate of drug-likeness (QED) is 0.0438. The molecule has 0 aliphatic heterocycles. The fourth-order valence-electron chi connectivity index (χ4n) is 8.27. The first kappa shape index (κ1) is 55.3. The van der Waals surface area contributed by atoms with Crippen molar-refractivity contribution in [3.8, 4) is 11.5 Å². The summed E-state index contributed by atoms with van der Waals surface area (Å²) in [5.74, 6) is 2.11. The first-order valence-corrected chi connectivity index (χ1v) is 39.6. The minimum atomic E-state index is -1.49. The molecule has 0 unspecified atom stereocenters. The molecule has 62 heavy (non-hydrogen) atoms. The van der Waals surface area contributed by atoms with Crippen molar-refractivity contribution in [3.05, 3.63) is 82.9 Å². The van der Waals surface area contributed by atoms with Crippen LogP contribution in [0.25, 0.3) is 20.9 Å². The molecule has 0 spiro atoms. The Balaban J connectivity index is 2.46. The van der Waals surface area contributed by atoms with Gasteiger partial charge in [0.05, 0.1) is 0 Å². The Bertz CT molecular complexity index is 1560. The average molecular weight is 1100 g/mol. The van der Waals surface area contributed by atoms with E-state index in [0.717, 1.165) is 11.5 Å². The molecule has 0 radical (unpaired) electrons. The molecular formula is C56H90As4O2. The summed E-state index contributed by atoms with van der Waals surface area (Å²) in [6, 6.07) is 24.2. The molecule has 0 aliphatic rings. The third kappa shape index (κ3) is 18.0. The molecule has 6 heteroatoms. The van der Waals surface area contributed by atoms with E-state index in [1.807, 2.05) is 14.2 Å². The van der Waals surface area contributed by atoms with Crippen molar-refractivity contribution < 1.29 is 9.47 Å². The monoisotopic (exact) mass is 1090 g/mol. The van der Waals surface area contributed by atoms with Crippen molar-refractivity contribution in [2.45, 2.75) is 200 Å². The summed E-state index contributed by atoms with van der Waals surface area (Å²) in [6.07, 6.45) is 26.2. The predicted octanol–water partition coefficient (Wildman–Crippen LogP) is 16.7. The number of methoxy groups -OCH3 is 2. The van der Waals surface area contributed by atoms with Crippen LogP contribution < -0.4 is 18.2 Å². The zero-order valence-electron chi connectivity index (χ0n) is 41.5. The number of unbranched alkanes of at least 4 members (excludes halogenated alkanes) is 8. The number of benzene rings is 3. The summed E-state index contributed by atoms with van der Waals surface area (Å²) >= 11 is -5.40. The molecule has 0 N–H and O–H groups in total. The molecule has 3 aromatic carbocycles. The van der Waals surface area contributed by atoms with E-state index in [-0.39, 0.29) is 0 Å². The molecule has 0 bridgehead atoms. The molecule has 0 atom stereocenters. The van der Waals surface area contributed by atoms with Gasteiger partial charge in [-0.3, -0.25) is 0 Å². The van der Waals surface area contributed by atoms with E-state index in [9.17, 15) is 0 Å². The van der Waals surface area contributed by atoms with Gasteiger partial charge in [0.1, 0.15) is 0 Å². The van der Waals surface area contributed by atoms with Crippen molar-refractivity contribution in [1.82, 2.24) is 0 Å². The van der Waals surface area contributed by atoms with Gasteiger partial charge in [0.25, 0.3) is 0 Å². The minimum absolute atomic E-state index is 1.06. The maximum absolute atomic E-state index is 6.67. The van der Waals surface area contributed by atoms with Crippen molar-refractivity contribution in [1.29, 1.82) is 0 Å². The summed E-state index contributed by atoms with van der Waals surface area (Å²) in [7, 11) is 3.88. The molecule has 3 aromatic rings. The van der Waals surface area contributed by atoms with Gasteiger partial charge in [-0.15, -0.1) is 0 Å². The van der Waals surface area contributed by atoms with Crippen molar-refractivity contribution in [2.24, 2.45) is 0 Å². The second-order valence-corrected chi connectivity index (χ2v) is 37.8. The Morgan fingerprint density at radius 1 is 0.403 bits per heavy atom. The fraction of sp³-hybridized carbons (Fsp3) is 0.607. The van der Waals surface area contributed by atoms with Crippen LogP contribution in [0.1, 0.15) is 180 Å². The molecule has 3 rings (SSSR count). The van der Waals surface area contributed by atoms with Crippen LogP contribution in [0.3, 0.4) is 0 Å². The standard InChI is InChI=1S/C56H90As4O2/c1-11-19-35-57(36-20-12-2)51-33-29-27-31-47(51)43-53(59(39-23-15-5)40-24-16-6)49-45-56(62-10)50(46-55(49)61-9)54(60(41-25-17-7)42-26-18-8)44-48-32-28-30-34-52(48)58(37-21-13-3)38-22-14-4/h27-34,43-46H,11-26,35-42H2,1-10H3. The van der Waals surface area contributed by atoms with Crippen LogP contribution in [0.4, 0.5) is 0 Å². The van der Waals surface area contributed by atoms with Gasteiger partial charge in [0.15, 0.2) is 0 Å². The van der Waals surface area contributed by atoms with E-state index in [2.05, 4.69) is 128 Å². The van der Waals surface area contributed by atoms with Gasteiger partial charge in [0.2, 0.25) is 0 Å². The number of ether oxygens (including phenoxy) is 2. The third-order valence-electron chi connectivity index (χ3n) is 12.1. The summed E-state index contributed by atoms with van der Waals surface area (Å²) in [5, 5.41) is 11.1. The molecule has 0 aliphatic carbocycles. The molecule has 0 saturated heterocycles. The first-order chi connectivity index (χ1) is 30.4. The molecule has 0 amide bonds. The number of hydrogen-bond donors (Lipinski definition) is 0. The van der Waals surface area contributed by atoms with Crippen LogP contribution in [0.2, 0.25) is 41.7 Å². The van der Waals surface area contributed by atoms with Gasteiger partial charge in [-0.1, -0.05) is 0 Å². The first-order valence-electron chi connectivity index (χ1n) is 25.3. The topological polar surface area (TPSA) is 18.5 Å². The Hall–Kier alpha value is -1.03. The fourth-order valence-corrected chi connectivity index (χ4v) is 32.8. The summed E-state index contributed by atoms with van der Waals surface area (Å²) in [5.41, 5.74) is 5.62. The molecule has 2 nitrogen and oxygen atoms in total. The SMILES string of the molecule is CCCC[As](CCCC)C(=Cc1ccccc1[As](CCCC)CCCC)c1cc(OC)c(C(=Cc2ccccc2[As](CCCC)CCCC)[As](CCCC)CCCC)cc1OC. The number of rotatable bonds is 34. The Morgan fingerprint density at radius 3 is 0.952 bits per heavy atom. The van der Waals surface area contributed by atoms with Crippen LogP contribution in [0, 0.1) is 0 Å². The van der Waals surface area contributed by atoms with Crippen molar-refractivity contribution in [3.63, 3.8) is 0 Å². The van der Waals surface area contributed by atoms with Gasteiger partial charge in [0, 0.05) is 0 Å². The van der Waals surface area contributed by atoms with E-state index in [1.165, 1.54) is 167 Å². The van der Waals surface area contributed by atoms with Crippen LogP contribution in [-0.4, -0.2) is 72.8 Å². The molecular weight excluding hydrogens is 1000 g/mol. The Kier molecular flexibility index (Phi) is 29.8. The molecule has 0 saturated carbocycles. The van der Waals surface area contributed by atoms with Gasteiger partial charge >= 0.3 is 406 Å². The summed E-state index contributed by atoms with van der Waals surface area (Å²) < 4.78 is 20.0. The second-order valence-electron chi connectivity index (χ2n) is 17.2. The van der Waals surface area contributed by atoms with Crippen LogP contribution >= 0.6 is 0 Å². The van der Waals surface area contributed by atoms with E-state index >= 15 is 0 Å². The van der Waals surface area contributed by atoms with E-state index < -0.39 is 58.6 Å². The predicted molar refractivity (Wildman–Crippen MR) is 288 cm³/mol. The zero-order chi connectivity index (χ0) is 45.0. The van der Waals surface area contributed by atoms with Crippen LogP contribution in [0.15, 0.2) is 60.7 Å². The van der Waals surface area contributed by atoms with Crippen LogP contribution in [-0.2, 0) is 0 Å². The number of hydrogen-bond acceptors (Lipinski definition) is 2. The van der Waals surface area contributed by atoms with Crippen molar-refractivity contribution in [2.75, 3.05) is 14.2 Å². The zero-order valence-corrected chi connectivity index (χ0v) is 49.0. The van der Waals surface area contributed by atoms with Gasteiger partial charge in [-0.2, -0.15) is 0 Å². The molecule has 0 fully saturated rings. The van der Waals surface area contributed by atoms with E-state index in [1.54, 1.807) is 17.4 Å².